The smallest absolute Gasteiger partial charge is 0.271 e. The largest absolute Gasteiger partial charge is 0.379 e. The Morgan fingerprint density at radius 1 is 1.29 bits per heavy atom. The van der Waals surface area contributed by atoms with Crippen LogP contribution in [0, 0.1) is 5.82 Å². The summed E-state index contributed by atoms with van der Waals surface area (Å²) in [6.45, 7) is 7.14. The van der Waals surface area contributed by atoms with Gasteiger partial charge in [0.25, 0.3) is 5.91 Å². The number of rotatable bonds is 8. The third kappa shape index (κ3) is 5.57. The molecule has 8 heteroatoms. The highest BCUT2D eigenvalue weighted by molar-refractivity contribution is 5.92. The first-order valence-corrected chi connectivity index (χ1v) is 11.1. The molecule has 1 aromatic heterocycles. The lowest BCUT2D eigenvalue weighted by Gasteiger charge is -2.19. The van der Waals surface area contributed by atoms with Crippen molar-refractivity contribution >= 4 is 11.7 Å². The first-order valence-electron chi connectivity index (χ1n) is 11.1. The second-order valence-corrected chi connectivity index (χ2v) is 8.27. The number of benzene rings is 1. The quantitative estimate of drug-likeness (QED) is 0.675. The number of aromatic nitrogens is 2. The molecule has 2 saturated heterocycles. The minimum atomic E-state index is -0.280. The molecule has 2 atom stereocenters. The molecule has 2 aliphatic rings. The molecule has 0 unspecified atom stereocenters. The van der Waals surface area contributed by atoms with Crippen LogP contribution in [0.3, 0.4) is 0 Å². The lowest BCUT2D eigenvalue weighted by atomic mass is 9.97. The first kappa shape index (κ1) is 21.6. The fourth-order valence-electron chi connectivity index (χ4n) is 4.11. The van der Waals surface area contributed by atoms with Crippen LogP contribution in [0.1, 0.15) is 53.8 Å². The number of carbonyl (C=O) groups is 1. The number of nitrogens with zero attached hydrogens (tertiary/aromatic N) is 3. The van der Waals surface area contributed by atoms with Gasteiger partial charge in [-0.15, -0.1) is 0 Å². The molecule has 0 aliphatic carbocycles. The molecule has 4 rings (SSSR count). The number of carbonyl (C=O) groups excluding carboxylic acids is 1. The molecule has 2 fully saturated rings. The van der Waals surface area contributed by atoms with Crippen LogP contribution in [0.2, 0.25) is 0 Å². The lowest BCUT2D eigenvalue weighted by molar-refractivity contribution is 0.0924. The van der Waals surface area contributed by atoms with Crippen molar-refractivity contribution in [3.8, 4) is 0 Å². The highest BCUT2D eigenvalue weighted by Gasteiger charge is 2.23. The van der Waals surface area contributed by atoms with E-state index < -0.39 is 0 Å². The number of nitrogens with one attached hydrogen (secondary N) is 2. The molecule has 2 aliphatic heterocycles. The van der Waals surface area contributed by atoms with Crippen LogP contribution in [0.5, 0.6) is 0 Å². The van der Waals surface area contributed by atoms with Crippen LogP contribution in [0.25, 0.3) is 0 Å². The topological polar surface area (TPSA) is 79.4 Å². The SMILES string of the molecule is C[C@H](c1ccc(F)cc1)c1nc(C(=O)N[C@H]2CCOC2)cnc1NCCN1CCCC1. The van der Waals surface area contributed by atoms with Gasteiger partial charge < -0.3 is 20.3 Å². The third-order valence-corrected chi connectivity index (χ3v) is 6.00. The summed E-state index contributed by atoms with van der Waals surface area (Å²) in [5.41, 5.74) is 1.88. The van der Waals surface area contributed by atoms with Crippen LogP contribution in [-0.4, -0.2) is 66.2 Å². The normalized spacial score (nSPS) is 20.0. The Balaban J connectivity index is 1.53. The molecular formula is C23H30FN5O2. The molecule has 2 N–H and O–H groups in total. The van der Waals surface area contributed by atoms with Crippen molar-refractivity contribution in [1.82, 2.24) is 20.2 Å². The van der Waals surface area contributed by atoms with Crippen molar-refractivity contribution in [2.45, 2.75) is 38.1 Å². The van der Waals surface area contributed by atoms with Gasteiger partial charge >= 0.3 is 0 Å². The Labute approximate surface area is 182 Å². The van der Waals surface area contributed by atoms with Crippen LogP contribution in [-0.2, 0) is 4.74 Å². The van der Waals surface area contributed by atoms with Gasteiger partial charge in [-0.1, -0.05) is 19.1 Å². The second-order valence-electron chi connectivity index (χ2n) is 8.27. The van der Waals surface area contributed by atoms with Crippen molar-refractivity contribution in [2.24, 2.45) is 0 Å². The average molecular weight is 428 g/mol. The van der Waals surface area contributed by atoms with Crippen molar-refractivity contribution < 1.29 is 13.9 Å². The van der Waals surface area contributed by atoms with E-state index in [1.54, 1.807) is 12.1 Å². The van der Waals surface area contributed by atoms with Gasteiger partial charge in [0, 0.05) is 25.6 Å². The van der Waals surface area contributed by atoms with Crippen molar-refractivity contribution in [1.29, 1.82) is 0 Å². The molecule has 0 bridgehead atoms. The predicted molar refractivity (Wildman–Crippen MR) is 117 cm³/mol. The summed E-state index contributed by atoms with van der Waals surface area (Å²) < 4.78 is 18.7. The lowest BCUT2D eigenvalue weighted by Crippen LogP contribution is -2.35. The monoisotopic (exact) mass is 427 g/mol. The van der Waals surface area contributed by atoms with Gasteiger partial charge in [0.1, 0.15) is 17.3 Å². The molecule has 1 amide bonds. The Morgan fingerprint density at radius 3 is 2.77 bits per heavy atom. The zero-order chi connectivity index (χ0) is 21.6. The Kier molecular flexibility index (Phi) is 7.09. The molecule has 1 aromatic carbocycles. The first-order chi connectivity index (χ1) is 15.1. The minimum absolute atomic E-state index is 0.00512. The molecule has 0 radical (unpaired) electrons. The summed E-state index contributed by atoms with van der Waals surface area (Å²) >= 11 is 0. The van der Waals surface area contributed by atoms with Gasteiger partial charge in [-0.2, -0.15) is 0 Å². The van der Waals surface area contributed by atoms with E-state index in [0.717, 1.165) is 38.2 Å². The molecule has 166 valence electrons. The van der Waals surface area contributed by atoms with Gasteiger partial charge in [0.2, 0.25) is 0 Å². The van der Waals surface area contributed by atoms with E-state index in [2.05, 4.69) is 25.5 Å². The third-order valence-electron chi connectivity index (χ3n) is 6.00. The Bertz CT molecular complexity index is 880. The van der Waals surface area contributed by atoms with Crippen molar-refractivity contribution in [2.75, 3.05) is 44.7 Å². The van der Waals surface area contributed by atoms with E-state index in [1.165, 1.54) is 31.2 Å². The zero-order valence-electron chi connectivity index (χ0n) is 17.9. The molecule has 7 nitrogen and oxygen atoms in total. The van der Waals surface area contributed by atoms with Gasteiger partial charge in [-0.3, -0.25) is 4.79 Å². The summed E-state index contributed by atoms with van der Waals surface area (Å²) in [5, 5.41) is 6.37. The highest BCUT2D eigenvalue weighted by atomic mass is 19.1. The van der Waals surface area contributed by atoms with Crippen LogP contribution in [0.4, 0.5) is 10.2 Å². The maximum absolute atomic E-state index is 13.4. The zero-order valence-corrected chi connectivity index (χ0v) is 17.9. The maximum atomic E-state index is 13.4. The van der Waals surface area contributed by atoms with E-state index in [4.69, 9.17) is 4.74 Å². The summed E-state index contributed by atoms with van der Waals surface area (Å²) in [6, 6.07) is 6.38. The van der Waals surface area contributed by atoms with E-state index in [-0.39, 0.29) is 29.4 Å². The number of ether oxygens (including phenoxy) is 1. The molecule has 3 heterocycles. The summed E-state index contributed by atoms with van der Waals surface area (Å²) in [4.78, 5) is 24.4. The standard InChI is InChI=1S/C23H30FN5O2/c1-16(17-4-6-18(24)7-5-17)21-22(25-9-12-29-10-2-3-11-29)26-14-20(28-21)23(30)27-19-8-13-31-15-19/h4-7,14,16,19H,2-3,8-13,15H2,1H3,(H,25,26)(H,27,30)/t16-,19+/m1/s1. The molecular weight excluding hydrogens is 397 g/mol. The minimum Gasteiger partial charge on any atom is -0.379 e. The summed E-state index contributed by atoms with van der Waals surface area (Å²) in [5.74, 6) is -0.0150. The molecule has 0 saturated carbocycles. The number of likely N-dealkylation sites (tertiary alicyclic amines) is 1. The maximum Gasteiger partial charge on any atom is 0.271 e. The van der Waals surface area contributed by atoms with Crippen LogP contribution in [0.15, 0.2) is 30.5 Å². The van der Waals surface area contributed by atoms with Gasteiger partial charge in [0.15, 0.2) is 0 Å². The van der Waals surface area contributed by atoms with E-state index in [0.29, 0.717) is 24.7 Å². The van der Waals surface area contributed by atoms with E-state index >= 15 is 0 Å². The number of anilines is 1. The molecule has 31 heavy (non-hydrogen) atoms. The number of amides is 1. The Hall–Kier alpha value is -2.58. The Morgan fingerprint density at radius 2 is 2.06 bits per heavy atom. The van der Waals surface area contributed by atoms with Crippen molar-refractivity contribution in [3.63, 3.8) is 0 Å². The van der Waals surface area contributed by atoms with Gasteiger partial charge in [-0.05, 0) is 50.0 Å². The van der Waals surface area contributed by atoms with E-state index in [9.17, 15) is 9.18 Å². The van der Waals surface area contributed by atoms with Crippen LogP contribution >= 0.6 is 0 Å². The summed E-state index contributed by atoms with van der Waals surface area (Å²) in [6.07, 6.45) is 4.82. The second kappa shape index (κ2) is 10.2. The van der Waals surface area contributed by atoms with E-state index in [1.807, 2.05) is 6.92 Å². The predicted octanol–water partition coefficient (Wildman–Crippen LogP) is 2.79. The van der Waals surface area contributed by atoms with Crippen molar-refractivity contribution in [3.05, 3.63) is 53.2 Å². The summed E-state index contributed by atoms with van der Waals surface area (Å²) in [7, 11) is 0. The van der Waals surface area contributed by atoms with Crippen LogP contribution < -0.4 is 10.6 Å². The van der Waals surface area contributed by atoms with Gasteiger partial charge in [0.05, 0.1) is 24.5 Å². The van der Waals surface area contributed by atoms with Gasteiger partial charge in [-0.25, -0.2) is 14.4 Å². The number of hydrogen-bond donors (Lipinski definition) is 2. The molecule has 0 spiro atoms. The molecule has 2 aromatic rings. The fourth-order valence-corrected chi connectivity index (χ4v) is 4.11. The number of halogens is 1. The fraction of sp³-hybridized carbons (Fsp3) is 0.522. The number of hydrogen-bond acceptors (Lipinski definition) is 6. The highest BCUT2D eigenvalue weighted by Crippen LogP contribution is 2.27. The average Bonchev–Trinajstić information content (AvgIpc) is 3.48.